The van der Waals surface area contributed by atoms with E-state index < -0.39 is 54.1 Å². The van der Waals surface area contributed by atoms with Crippen LogP contribution in [0.4, 0.5) is 0 Å². The Balaban J connectivity index is 0.831. The van der Waals surface area contributed by atoms with Gasteiger partial charge in [0.25, 0.3) is 29.5 Å². The maximum absolute atomic E-state index is 13.2. The third-order valence-electron chi connectivity index (χ3n) is 9.26. The molecule has 4 aliphatic rings. The number of hydrogen-bond acceptors (Lipinski definition) is 12. The van der Waals surface area contributed by atoms with Gasteiger partial charge in [0, 0.05) is 50.3 Å². The lowest BCUT2D eigenvalue weighted by atomic mass is 10.0. The molecule has 9 amide bonds. The number of amides is 9. The summed E-state index contributed by atoms with van der Waals surface area (Å²) >= 11 is 0. The molecule has 2 unspecified atom stereocenters. The van der Waals surface area contributed by atoms with Crippen LogP contribution < -0.4 is 30.7 Å². The van der Waals surface area contributed by atoms with Gasteiger partial charge in [-0.1, -0.05) is 12.1 Å². The summed E-state index contributed by atoms with van der Waals surface area (Å²) in [7, 11) is 0. The van der Waals surface area contributed by atoms with Crippen LogP contribution in [-0.2, 0) is 40.0 Å². The maximum Gasteiger partial charge on any atom is 0.266 e. The number of hydrogen-bond donors (Lipinski definition) is 4. The van der Waals surface area contributed by atoms with Crippen molar-refractivity contribution in [3.63, 3.8) is 0 Å². The van der Waals surface area contributed by atoms with Crippen molar-refractivity contribution >= 4 is 53.2 Å². The van der Waals surface area contributed by atoms with Crippen LogP contribution in [0.25, 0.3) is 0 Å². The highest BCUT2D eigenvalue weighted by atomic mass is 16.5. The first-order valence-electron chi connectivity index (χ1n) is 17.5. The van der Waals surface area contributed by atoms with Crippen molar-refractivity contribution in [1.29, 1.82) is 0 Å². The predicted molar refractivity (Wildman–Crippen MR) is 183 cm³/mol. The maximum atomic E-state index is 13.2. The van der Waals surface area contributed by atoms with Crippen molar-refractivity contribution in [2.45, 2.75) is 57.2 Å². The van der Waals surface area contributed by atoms with Crippen LogP contribution in [0.3, 0.4) is 0 Å². The Kier molecular flexibility index (Phi) is 11.6. The summed E-state index contributed by atoms with van der Waals surface area (Å²) in [5.41, 5.74) is 0.957. The average Bonchev–Trinajstić information content (AvgIpc) is 3.61. The molecular weight excluding hydrogens is 708 g/mol. The van der Waals surface area contributed by atoms with E-state index in [0.717, 1.165) is 4.90 Å². The molecule has 0 radical (unpaired) electrons. The van der Waals surface area contributed by atoms with E-state index in [9.17, 15) is 43.2 Å². The van der Waals surface area contributed by atoms with E-state index in [1.54, 1.807) is 18.2 Å². The van der Waals surface area contributed by atoms with E-state index in [-0.39, 0.29) is 80.0 Å². The van der Waals surface area contributed by atoms with Gasteiger partial charge in [-0.05, 0) is 49.9 Å². The van der Waals surface area contributed by atoms with Crippen LogP contribution in [0.1, 0.15) is 75.2 Å². The Hall–Kier alpha value is -6.17. The van der Waals surface area contributed by atoms with Crippen LogP contribution in [0, 0.1) is 0 Å². The Morgan fingerprint density at radius 1 is 0.685 bits per heavy atom. The molecule has 18 nitrogen and oxygen atoms in total. The van der Waals surface area contributed by atoms with Crippen LogP contribution >= 0.6 is 0 Å². The van der Waals surface area contributed by atoms with Crippen molar-refractivity contribution in [2.24, 2.45) is 0 Å². The van der Waals surface area contributed by atoms with Crippen LogP contribution in [0.2, 0.25) is 0 Å². The first-order valence-corrected chi connectivity index (χ1v) is 17.5. The molecule has 18 heteroatoms. The van der Waals surface area contributed by atoms with Crippen LogP contribution in [-0.4, -0.2) is 115 Å². The molecule has 2 atom stereocenters. The summed E-state index contributed by atoms with van der Waals surface area (Å²) in [5, 5.41) is 9.83. The second-order valence-corrected chi connectivity index (χ2v) is 12.9. The lowest BCUT2D eigenvalue weighted by Crippen LogP contribution is -2.54. The minimum Gasteiger partial charge on any atom is -0.483 e. The number of imide groups is 3. The molecule has 4 aliphatic heterocycles. The SMILES string of the molecule is O=C(COc1cccc2c1CN(C1CCC(=O)NC1=O)C2=O)NCCCOCCCNC(=O)COc1cccc2c1C(=O)N(C1CCC(=O)NC1=O)C2=O. The first-order chi connectivity index (χ1) is 26.0. The molecule has 0 aromatic heterocycles. The van der Waals surface area contributed by atoms with Gasteiger partial charge >= 0.3 is 0 Å². The van der Waals surface area contributed by atoms with E-state index in [1.807, 2.05) is 0 Å². The van der Waals surface area contributed by atoms with E-state index in [0.29, 0.717) is 49.5 Å². The fourth-order valence-corrected chi connectivity index (χ4v) is 6.59. The standard InChI is InChI=1S/C36H38N6O12/c43-27-11-9-23(32(47)39-27)41-17-22-20(34(41)49)5-1-7-25(22)53-18-29(45)37-13-3-15-52-16-4-14-38-30(46)19-54-26-8-2-6-21-31(26)36(51)42(35(21)50)24-10-12-28(44)40-33(24)48/h1-2,5-8,23-24H,3-4,9-19H2,(H,37,45)(H,38,46)(H,39,43,47)(H,40,44,48). The Morgan fingerprint density at radius 2 is 1.24 bits per heavy atom. The highest BCUT2D eigenvalue weighted by Gasteiger charge is 2.46. The molecule has 2 aromatic rings. The van der Waals surface area contributed by atoms with Crippen LogP contribution in [0.5, 0.6) is 11.5 Å². The lowest BCUT2D eigenvalue weighted by molar-refractivity contribution is -0.138. The fourth-order valence-electron chi connectivity index (χ4n) is 6.59. The van der Waals surface area contributed by atoms with Crippen molar-refractivity contribution in [3.8, 4) is 11.5 Å². The summed E-state index contributed by atoms with van der Waals surface area (Å²) < 4.78 is 16.8. The number of rotatable bonds is 16. The van der Waals surface area contributed by atoms with Crippen molar-refractivity contribution in [1.82, 2.24) is 31.1 Å². The van der Waals surface area contributed by atoms with Gasteiger partial charge in [-0.25, -0.2) is 0 Å². The Morgan fingerprint density at radius 3 is 1.85 bits per heavy atom. The molecule has 2 saturated heterocycles. The number of nitrogens with one attached hydrogen (secondary N) is 4. The Bertz CT molecular complexity index is 1910. The number of carbonyl (C=O) groups excluding carboxylic acids is 9. The molecule has 0 bridgehead atoms. The molecule has 0 saturated carbocycles. The third kappa shape index (κ3) is 8.22. The van der Waals surface area contributed by atoms with Gasteiger partial charge in [0.1, 0.15) is 23.6 Å². The molecule has 284 valence electrons. The quantitative estimate of drug-likeness (QED) is 0.124. The molecule has 0 spiro atoms. The van der Waals surface area contributed by atoms with Crippen molar-refractivity contribution in [3.05, 3.63) is 58.7 Å². The number of benzene rings is 2. The molecular formula is C36H38N6O12. The van der Waals surface area contributed by atoms with Gasteiger partial charge in [0.2, 0.25) is 23.6 Å². The highest BCUT2D eigenvalue weighted by Crippen LogP contribution is 2.35. The molecule has 2 aromatic carbocycles. The molecule has 2 fully saturated rings. The molecule has 4 heterocycles. The fraction of sp³-hybridized carbons (Fsp3) is 0.417. The molecule has 0 aliphatic carbocycles. The van der Waals surface area contributed by atoms with E-state index in [2.05, 4.69) is 21.3 Å². The predicted octanol–water partition coefficient (Wildman–Crippen LogP) is -0.664. The second-order valence-electron chi connectivity index (χ2n) is 12.9. The highest BCUT2D eigenvalue weighted by molar-refractivity contribution is 6.24. The van der Waals surface area contributed by atoms with Gasteiger partial charge in [0.05, 0.1) is 17.7 Å². The monoisotopic (exact) mass is 746 g/mol. The van der Waals surface area contributed by atoms with Gasteiger partial charge in [-0.3, -0.25) is 58.7 Å². The minimum absolute atomic E-state index is 0.00516. The zero-order chi connectivity index (χ0) is 38.4. The molecule has 4 N–H and O–H groups in total. The van der Waals surface area contributed by atoms with Gasteiger partial charge in [0.15, 0.2) is 13.2 Å². The van der Waals surface area contributed by atoms with E-state index in [4.69, 9.17) is 14.2 Å². The van der Waals surface area contributed by atoms with Crippen LogP contribution in [0.15, 0.2) is 36.4 Å². The summed E-state index contributed by atoms with van der Waals surface area (Å²) in [5.74, 6) is -4.27. The van der Waals surface area contributed by atoms with E-state index in [1.165, 1.54) is 23.1 Å². The minimum atomic E-state index is -1.12. The lowest BCUT2D eigenvalue weighted by Gasteiger charge is -2.29. The molecule has 6 rings (SSSR count). The number of fused-ring (bicyclic) bond motifs is 2. The van der Waals surface area contributed by atoms with Crippen molar-refractivity contribution < 1.29 is 57.4 Å². The topological polar surface area (TPSA) is 236 Å². The number of ether oxygens (including phenoxy) is 3. The first kappa shape index (κ1) is 37.6. The number of piperidine rings is 2. The summed E-state index contributed by atoms with van der Waals surface area (Å²) in [6.45, 7) is 0.719. The van der Waals surface area contributed by atoms with E-state index >= 15 is 0 Å². The summed E-state index contributed by atoms with van der Waals surface area (Å²) in [6, 6.07) is 7.43. The van der Waals surface area contributed by atoms with Gasteiger partial charge in [-0.15, -0.1) is 0 Å². The smallest absolute Gasteiger partial charge is 0.266 e. The second kappa shape index (κ2) is 16.7. The zero-order valence-corrected chi connectivity index (χ0v) is 29.1. The third-order valence-corrected chi connectivity index (χ3v) is 9.26. The largest absolute Gasteiger partial charge is 0.483 e. The van der Waals surface area contributed by atoms with Gasteiger partial charge < -0.3 is 29.7 Å². The normalized spacial score (nSPS) is 19.3. The summed E-state index contributed by atoms with van der Waals surface area (Å²) in [6.07, 6.45) is 1.41. The summed E-state index contributed by atoms with van der Waals surface area (Å²) in [4.78, 5) is 114. The number of nitrogens with zero attached hydrogens (tertiary/aromatic N) is 2. The van der Waals surface area contributed by atoms with Gasteiger partial charge in [-0.2, -0.15) is 0 Å². The Labute approximate surface area is 308 Å². The van der Waals surface area contributed by atoms with Crippen molar-refractivity contribution in [2.75, 3.05) is 39.5 Å². The number of carbonyl (C=O) groups is 9. The zero-order valence-electron chi connectivity index (χ0n) is 29.1. The molecule has 54 heavy (non-hydrogen) atoms. The average molecular weight is 747 g/mol.